The van der Waals surface area contributed by atoms with Gasteiger partial charge in [0, 0.05) is 11.9 Å². The van der Waals surface area contributed by atoms with Crippen molar-refractivity contribution in [3.8, 4) is 11.1 Å². The number of nitrogens with one attached hydrogen (secondary N) is 1. The van der Waals surface area contributed by atoms with Crippen LogP contribution in [0.4, 0.5) is 5.69 Å². The molecule has 178 valence electrons. The van der Waals surface area contributed by atoms with Gasteiger partial charge in [-0.15, -0.1) is 0 Å². The quantitative estimate of drug-likeness (QED) is 0.381. The van der Waals surface area contributed by atoms with Gasteiger partial charge in [-0.25, -0.2) is 0 Å². The number of anilines is 1. The number of rotatable bonds is 8. The van der Waals surface area contributed by atoms with Gasteiger partial charge in [-0.3, -0.25) is 0 Å². The molecule has 36 heavy (non-hydrogen) atoms. The van der Waals surface area contributed by atoms with Crippen molar-refractivity contribution in [1.82, 2.24) is 0 Å². The fourth-order valence-electron chi connectivity index (χ4n) is 4.71. The predicted octanol–water partition coefficient (Wildman–Crippen LogP) is 9.57. The molecule has 0 saturated carbocycles. The minimum atomic E-state index is 1.02. The van der Waals surface area contributed by atoms with Gasteiger partial charge in [-0.2, -0.15) is 0 Å². The molecule has 0 heterocycles. The van der Waals surface area contributed by atoms with Crippen LogP contribution in [0.3, 0.4) is 0 Å². The number of benzene rings is 2. The molecule has 0 bridgehead atoms. The number of hydrogen-bond acceptors (Lipinski definition) is 1. The maximum atomic E-state index is 3.40. The molecule has 0 fully saturated rings. The molecule has 0 radical (unpaired) electrons. The molecule has 2 aromatic carbocycles. The highest BCUT2D eigenvalue weighted by Crippen LogP contribution is 2.31. The number of hydrogen-bond donors (Lipinski definition) is 1. The van der Waals surface area contributed by atoms with E-state index in [0.29, 0.717) is 0 Å². The zero-order valence-corrected chi connectivity index (χ0v) is 20.7. The highest BCUT2D eigenvalue weighted by atomic mass is 14.8. The first-order chi connectivity index (χ1) is 17.8. The fraction of sp³-hybridized carbons (Fsp3) is 0.143. The van der Waals surface area contributed by atoms with Gasteiger partial charge >= 0.3 is 0 Å². The van der Waals surface area contributed by atoms with Crippen molar-refractivity contribution in [3.63, 3.8) is 0 Å². The van der Waals surface area contributed by atoms with Crippen LogP contribution >= 0.6 is 0 Å². The van der Waals surface area contributed by atoms with Crippen molar-refractivity contribution in [2.24, 2.45) is 0 Å². The van der Waals surface area contributed by atoms with E-state index < -0.39 is 0 Å². The molecular formula is C35H33N. The third kappa shape index (κ3) is 6.31. The Morgan fingerprint density at radius 1 is 0.778 bits per heavy atom. The minimum Gasteiger partial charge on any atom is -0.362 e. The monoisotopic (exact) mass is 467 g/mol. The maximum absolute atomic E-state index is 3.40. The minimum absolute atomic E-state index is 1.02. The van der Waals surface area contributed by atoms with E-state index in [4.69, 9.17) is 0 Å². The zero-order valence-electron chi connectivity index (χ0n) is 20.7. The largest absolute Gasteiger partial charge is 0.362 e. The van der Waals surface area contributed by atoms with E-state index in [1.165, 1.54) is 39.0 Å². The lowest BCUT2D eigenvalue weighted by Crippen LogP contribution is -1.92. The number of allylic oxidation sites excluding steroid dienone is 17. The average Bonchev–Trinajstić information content (AvgIpc) is 3.44. The topological polar surface area (TPSA) is 12.0 Å². The van der Waals surface area contributed by atoms with E-state index in [1.54, 1.807) is 0 Å². The van der Waals surface area contributed by atoms with Gasteiger partial charge < -0.3 is 5.32 Å². The van der Waals surface area contributed by atoms with Crippen molar-refractivity contribution in [3.05, 3.63) is 162 Å². The van der Waals surface area contributed by atoms with Gasteiger partial charge in [0.05, 0.1) is 0 Å². The molecule has 0 unspecified atom stereocenters. The highest BCUT2D eigenvalue weighted by molar-refractivity contribution is 5.66. The van der Waals surface area contributed by atoms with Gasteiger partial charge in [0.1, 0.15) is 0 Å². The van der Waals surface area contributed by atoms with E-state index in [-0.39, 0.29) is 0 Å². The molecule has 2 aromatic rings. The Kier molecular flexibility index (Phi) is 7.90. The Balaban J connectivity index is 1.23. The summed E-state index contributed by atoms with van der Waals surface area (Å²) in [7, 11) is 0. The van der Waals surface area contributed by atoms with Gasteiger partial charge in [0.25, 0.3) is 0 Å². The summed E-state index contributed by atoms with van der Waals surface area (Å²) in [5.41, 5.74) is 10.4. The van der Waals surface area contributed by atoms with E-state index in [2.05, 4.69) is 127 Å². The molecule has 0 aliphatic heterocycles. The lowest BCUT2D eigenvalue weighted by molar-refractivity contribution is 0.954. The van der Waals surface area contributed by atoms with Crippen molar-refractivity contribution in [2.45, 2.75) is 32.1 Å². The maximum Gasteiger partial charge on any atom is 0.0380 e. The fourth-order valence-corrected chi connectivity index (χ4v) is 4.71. The molecule has 0 amide bonds. The standard InChI is InChI=1S/C35H33N/c1-4-11-29(12-5-1)32(20-18-28-19-21-34(27-28)31-15-8-3-9-16-31)17-10-26-36-35-24-22-33(23-25-35)30-13-6-2-7-14-30/h2-4,6-8,10-15,17-26,36H,1,5,9,16,27H2/b20-18-,26-10+,32-17+. The van der Waals surface area contributed by atoms with Crippen molar-refractivity contribution in [1.29, 1.82) is 0 Å². The average molecular weight is 468 g/mol. The molecular weight excluding hydrogens is 434 g/mol. The van der Waals surface area contributed by atoms with Gasteiger partial charge in [0.2, 0.25) is 0 Å². The first-order valence-corrected chi connectivity index (χ1v) is 12.9. The Morgan fingerprint density at radius 3 is 2.42 bits per heavy atom. The lowest BCUT2D eigenvalue weighted by Gasteiger charge is -2.11. The van der Waals surface area contributed by atoms with Crippen molar-refractivity contribution in [2.75, 3.05) is 5.32 Å². The van der Waals surface area contributed by atoms with Crippen molar-refractivity contribution < 1.29 is 0 Å². The Morgan fingerprint density at radius 2 is 1.64 bits per heavy atom. The van der Waals surface area contributed by atoms with E-state index >= 15 is 0 Å². The normalized spacial score (nSPS) is 17.8. The highest BCUT2D eigenvalue weighted by Gasteiger charge is 2.12. The zero-order chi connectivity index (χ0) is 24.4. The van der Waals surface area contributed by atoms with Gasteiger partial charge in [-0.1, -0.05) is 109 Å². The molecule has 3 aliphatic carbocycles. The Bertz CT molecular complexity index is 1330. The Labute approximate surface area is 215 Å². The van der Waals surface area contributed by atoms with Crippen LogP contribution in [-0.4, -0.2) is 0 Å². The van der Waals surface area contributed by atoms with Crippen LogP contribution in [0.2, 0.25) is 0 Å². The summed E-state index contributed by atoms with van der Waals surface area (Å²) in [6.07, 6.45) is 34.5. The van der Waals surface area contributed by atoms with Crippen molar-refractivity contribution >= 4 is 5.69 Å². The van der Waals surface area contributed by atoms with Crippen LogP contribution in [0.25, 0.3) is 11.1 Å². The molecule has 1 heteroatoms. The first kappa shape index (κ1) is 23.6. The Hall–Kier alpha value is -4.10. The summed E-state index contributed by atoms with van der Waals surface area (Å²) < 4.78 is 0. The molecule has 0 aromatic heterocycles. The summed E-state index contributed by atoms with van der Waals surface area (Å²) in [6, 6.07) is 19.0. The smallest absolute Gasteiger partial charge is 0.0380 e. The second kappa shape index (κ2) is 12.0. The predicted molar refractivity (Wildman–Crippen MR) is 156 cm³/mol. The van der Waals surface area contributed by atoms with Gasteiger partial charge in [0.15, 0.2) is 0 Å². The third-order valence-corrected chi connectivity index (χ3v) is 6.74. The molecule has 3 aliphatic rings. The first-order valence-electron chi connectivity index (χ1n) is 12.9. The third-order valence-electron chi connectivity index (χ3n) is 6.74. The summed E-state index contributed by atoms with van der Waals surface area (Å²) in [6.45, 7) is 0. The summed E-state index contributed by atoms with van der Waals surface area (Å²) in [4.78, 5) is 0. The van der Waals surface area contributed by atoms with Gasteiger partial charge in [-0.05, 0) is 89.3 Å². The van der Waals surface area contributed by atoms with E-state index in [9.17, 15) is 0 Å². The molecule has 5 rings (SSSR count). The lowest BCUT2D eigenvalue weighted by atomic mass is 9.94. The molecule has 1 nitrogen and oxygen atoms in total. The molecule has 0 atom stereocenters. The summed E-state index contributed by atoms with van der Waals surface area (Å²) >= 11 is 0. The second-order valence-electron chi connectivity index (χ2n) is 9.31. The molecule has 0 saturated heterocycles. The van der Waals surface area contributed by atoms with Crippen LogP contribution in [0.1, 0.15) is 32.1 Å². The van der Waals surface area contributed by atoms with E-state index in [1.807, 2.05) is 12.3 Å². The molecule has 1 N–H and O–H groups in total. The van der Waals surface area contributed by atoms with Crippen LogP contribution in [-0.2, 0) is 0 Å². The summed E-state index contributed by atoms with van der Waals surface area (Å²) in [5, 5.41) is 3.40. The van der Waals surface area contributed by atoms with E-state index in [0.717, 1.165) is 37.8 Å². The van der Waals surface area contributed by atoms with Crippen LogP contribution in [0.5, 0.6) is 0 Å². The van der Waals surface area contributed by atoms with Crippen LogP contribution in [0, 0.1) is 0 Å². The van der Waals surface area contributed by atoms with Crippen LogP contribution in [0.15, 0.2) is 162 Å². The molecule has 0 spiro atoms. The van der Waals surface area contributed by atoms with Crippen LogP contribution < -0.4 is 5.32 Å². The SMILES string of the molecule is C1=CCCC(C2=CC=C(\C=C/C(=C\C=C\Nc3ccc(-c4ccccc4)cc3)C3=CCCC=C3)C2)=C1. The second-order valence-corrected chi connectivity index (χ2v) is 9.31. The summed E-state index contributed by atoms with van der Waals surface area (Å²) in [5.74, 6) is 0.